The summed E-state index contributed by atoms with van der Waals surface area (Å²) in [5.74, 6) is -0.653. The van der Waals surface area contributed by atoms with E-state index in [-0.39, 0.29) is 22.7 Å². The lowest BCUT2D eigenvalue weighted by atomic mass is 10.2. The molecule has 28 heavy (non-hydrogen) atoms. The Balaban J connectivity index is 2.12. The highest BCUT2D eigenvalue weighted by molar-refractivity contribution is 5.96. The van der Waals surface area contributed by atoms with Gasteiger partial charge >= 0.3 is 6.18 Å². The number of nitrogens with zero attached hydrogens (tertiary/aromatic N) is 3. The molecule has 0 saturated carbocycles. The molecule has 1 aliphatic rings. The summed E-state index contributed by atoms with van der Waals surface area (Å²) >= 11 is 0. The number of halogens is 5. The number of morpholine rings is 1. The first-order chi connectivity index (χ1) is 13.2. The molecule has 1 fully saturated rings. The highest BCUT2D eigenvalue weighted by atomic mass is 19.4. The molecule has 6 nitrogen and oxygen atoms in total. The van der Waals surface area contributed by atoms with Gasteiger partial charge < -0.3 is 15.0 Å². The zero-order chi connectivity index (χ0) is 20.5. The second-order valence-electron chi connectivity index (χ2n) is 6.07. The van der Waals surface area contributed by atoms with E-state index in [9.17, 15) is 22.0 Å². The molecule has 2 N–H and O–H groups in total. The van der Waals surface area contributed by atoms with E-state index in [1.54, 1.807) is 4.90 Å². The van der Waals surface area contributed by atoms with Gasteiger partial charge in [0.05, 0.1) is 29.8 Å². The number of amidine groups is 1. The van der Waals surface area contributed by atoms with Crippen molar-refractivity contribution in [3.63, 3.8) is 0 Å². The van der Waals surface area contributed by atoms with Crippen LogP contribution >= 0.6 is 0 Å². The van der Waals surface area contributed by atoms with Gasteiger partial charge in [0.25, 0.3) is 6.43 Å². The molecule has 1 aromatic heterocycles. The van der Waals surface area contributed by atoms with Gasteiger partial charge in [0, 0.05) is 26.2 Å². The summed E-state index contributed by atoms with van der Waals surface area (Å²) < 4.78 is 72.5. The molecule has 0 aliphatic carbocycles. The first-order valence-corrected chi connectivity index (χ1v) is 8.41. The molecule has 0 amide bonds. The van der Waals surface area contributed by atoms with Crippen molar-refractivity contribution in [2.75, 3.05) is 33.4 Å². The van der Waals surface area contributed by atoms with E-state index in [4.69, 9.17) is 10.1 Å². The van der Waals surface area contributed by atoms with E-state index in [0.717, 1.165) is 22.8 Å². The van der Waals surface area contributed by atoms with Crippen LogP contribution in [0.15, 0.2) is 24.3 Å². The molecule has 1 aromatic carbocycles. The maximum atomic E-state index is 13.5. The Hall–Kier alpha value is -2.69. The number of rotatable bonds is 4. The number of ether oxygens (including phenoxy) is 1. The van der Waals surface area contributed by atoms with Gasteiger partial charge in [0.2, 0.25) is 0 Å². The van der Waals surface area contributed by atoms with Crippen molar-refractivity contribution < 1.29 is 26.7 Å². The number of hydrogen-bond donors (Lipinski definition) is 2. The molecule has 0 radical (unpaired) electrons. The minimum atomic E-state index is -4.63. The maximum Gasteiger partial charge on any atom is 0.416 e. The SMILES string of the molecule is CNC(=CC(=N)N1CCOCC1)n1c(C(F)F)nc2ccc(C(F)(F)F)cc21. The third-order valence-corrected chi connectivity index (χ3v) is 4.33. The summed E-state index contributed by atoms with van der Waals surface area (Å²) in [4.78, 5) is 5.47. The Bertz CT molecular complexity index is 899. The summed E-state index contributed by atoms with van der Waals surface area (Å²) in [6.45, 7) is 1.76. The molecular weight excluding hydrogens is 385 g/mol. The van der Waals surface area contributed by atoms with Crippen molar-refractivity contribution in [3.8, 4) is 0 Å². The van der Waals surface area contributed by atoms with Crippen molar-refractivity contribution >= 4 is 22.7 Å². The first kappa shape index (κ1) is 20.1. The van der Waals surface area contributed by atoms with Gasteiger partial charge in [-0.2, -0.15) is 13.2 Å². The van der Waals surface area contributed by atoms with Crippen molar-refractivity contribution in [2.24, 2.45) is 0 Å². The van der Waals surface area contributed by atoms with Crippen LogP contribution in [0.5, 0.6) is 0 Å². The Morgan fingerprint density at radius 2 is 1.96 bits per heavy atom. The minimum Gasteiger partial charge on any atom is -0.378 e. The summed E-state index contributed by atoms with van der Waals surface area (Å²) in [7, 11) is 1.44. The van der Waals surface area contributed by atoms with Crippen LogP contribution in [0.2, 0.25) is 0 Å². The maximum absolute atomic E-state index is 13.5. The van der Waals surface area contributed by atoms with Crippen molar-refractivity contribution in [3.05, 3.63) is 35.7 Å². The van der Waals surface area contributed by atoms with E-state index >= 15 is 0 Å². The zero-order valence-electron chi connectivity index (χ0n) is 14.9. The lowest BCUT2D eigenvalue weighted by Gasteiger charge is -2.28. The van der Waals surface area contributed by atoms with Crippen LogP contribution in [0.3, 0.4) is 0 Å². The average Bonchev–Trinajstić information content (AvgIpc) is 3.05. The number of benzene rings is 1. The molecule has 0 bridgehead atoms. The number of imidazole rings is 1. The summed E-state index contributed by atoms with van der Waals surface area (Å²) in [6.07, 6.45) is -6.35. The van der Waals surface area contributed by atoms with Crippen LogP contribution in [0.4, 0.5) is 22.0 Å². The van der Waals surface area contributed by atoms with Crippen LogP contribution < -0.4 is 5.32 Å². The summed E-state index contributed by atoms with van der Waals surface area (Å²) in [5, 5.41) is 10.9. The third kappa shape index (κ3) is 3.93. The fourth-order valence-electron chi connectivity index (χ4n) is 2.94. The van der Waals surface area contributed by atoms with Gasteiger partial charge in [-0.25, -0.2) is 13.8 Å². The highest BCUT2D eigenvalue weighted by Gasteiger charge is 2.32. The fraction of sp³-hybridized carbons (Fsp3) is 0.412. The Morgan fingerprint density at radius 3 is 2.54 bits per heavy atom. The molecule has 152 valence electrons. The van der Waals surface area contributed by atoms with Crippen molar-refractivity contribution in [2.45, 2.75) is 12.6 Å². The molecular formula is C17H18F5N5O. The molecule has 3 rings (SSSR count). The van der Waals surface area contributed by atoms with E-state index in [2.05, 4.69) is 10.3 Å². The van der Waals surface area contributed by atoms with Crippen LogP contribution in [0, 0.1) is 5.41 Å². The van der Waals surface area contributed by atoms with Gasteiger partial charge in [0.15, 0.2) is 5.82 Å². The topological polar surface area (TPSA) is 66.2 Å². The number of fused-ring (bicyclic) bond motifs is 1. The molecule has 11 heteroatoms. The van der Waals surface area contributed by atoms with Crippen LogP contribution in [0.25, 0.3) is 16.9 Å². The molecule has 2 aromatic rings. The lowest BCUT2D eigenvalue weighted by molar-refractivity contribution is -0.137. The van der Waals surface area contributed by atoms with Gasteiger partial charge in [0.1, 0.15) is 11.7 Å². The third-order valence-electron chi connectivity index (χ3n) is 4.33. The largest absolute Gasteiger partial charge is 0.416 e. The predicted octanol–water partition coefficient (Wildman–Crippen LogP) is 3.32. The van der Waals surface area contributed by atoms with E-state index in [1.807, 2.05) is 0 Å². The van der Waals surface area contributed by atoms with E-state index < -0.39 is 24.0 Å². The summed E-state index contributed by atoms with van der Waals surface area (Å²) in [5.41, 5.74) is -1.09. The molecule has 2 heterocycles. The van der Waals surface area contributed by atoms with Crippen molar-refractivity contribution in [1.29, 1.82) is 5.41 Å². The number of hydrogen-bond acceptors (Lipinski definition) is 4. The smallest absolute Gasteiger partial charge is 0.378 e. The monoisotopic (exact) mass is 403 g/mol. The van der Waals surface area contributed by atoms with Crippen LogP contribution in [-0.4, -0.2) is 53.6 Å². The molecule has 0 unspecified atom stereocenters. The second kappa shape index (κ2) is 7.74. The molecule has 1 saturated heterocycles. The predicted molar refractivity (Wildman–Crippen MR) is 93.1 cm³/mol. The second-order valence-corrected chi connectivity index (χ2v) is 6.07. The Labute approximate surface area is 157 Å². The van der Waals surface area contributed by atoms with Crippen molar-refractivity contribution in [1.82, 2.24) is 19.8 Å². The van der Waals surface area contributed by atoms with Gasteiger partial charge in [-0.3, -0.25) is 9.98 Å². The summed E-state index contributed by atoms with van der Waals surface area (Å²) in [6, 6.07) is 2.63. The lowest BCUT2D eigenvalue weighted by Crippen LogP contribution is -2.40. The Morgan fingerprint density at radius 1 is 1.29 bits per heavy atom. The average molecular weight is 403 g/mol. The number of alkyl halides is 5. The van der Waals surface area contributed by atoms with Gasteiger partial charge in [-0.1, -0.05) is 0 Å². The minimum absolute atomic E-state index is 0.00218. The van der Waals surface area contributed by atoms with Gasteiger partial charge in [-0.05, 0) is 18.2 Å². The first-order valence-electron chi connectivity index (χ1n) is 8.41. The quantitative estimate of drug-likeness (QED) is 0.467. The number of aromatic nitrogens is 2. The van der Waals surface area contributed by atoms with E-state index in [0.29, 0.717) is 26.3 Å². The molecule has 1 aliphatic heterocycles. The van der Waals surface area contributed by atoms with E-state index in [1.165, 1.54) is 13.1 Å². The standard InChI is InChI=1S/C17H18F5N5O/c1-24-14(9-13(23)26-4-6-28-7-5-26)27-12-8-10(17(20,21)22)2-3-11(12)25-16(27)15(18)19/h2-3,8-9,15,23-24H,4-7H2,1H3. The van der Waals surface area contributed by atoms with Gasteiger partial charge in [-0.15, -0.1) is 0 Å². The van der Waals surface area contributed by atoms with Crippen LogP contribution in [0.1, 0.15) is 17.8 Å². The molecule has 0 atom stereocenters. The fourth-order valence-corrected chi connectivity index (χ4v) is 2.94. The zero-order valence-corrected chi connectivity index (χ0v) is 14.9. The highest BCUT2D eigenvalue weighted by Crippen LogP contribution is 2.33. The normalized spacial score (nSPS) is 16.1. The number of nitrogens with one attached hydrogen (secondary N) is 2. The van der Waals surface area contributed by atoms with Crippen LogP contribution in [-0.2, 0) is 10.9 Å². The molecule has 0 spiro atoms. The Kier molecular flexibility index (Phi) is 5.54.